The second-order valence-corrected chi connectivity index (χ2v) is 6.40. The SMILES string of the molecule is CCCCOC(C=CC=CC(OCCCC)OCCCC)OCCCC. The summed E-state index contributed by atoms with van der Waals surface area (Å²) in [4.78, 5) is 0. The molecule has 4 heteroatoms. The summed E-state index contributed by atoms with van der Waals surface area (Å²) in [6, 6.07) is 0. The van der Waals surface area contributed by atoms with Gasteiger partial charge in [-0.3, -0.25) is 0 Å². The smallest absolute Gasteiger partial charge is 0.177 e. The van der Waals surface area contributed by atoms with Gasteiger partial charge >= 0.3 is 0 Å². The number of hydrogen-bond acceptors (Lipinski definition) is 4. The molecule has 0 N–H and O–H groups in total. The highest BCUT2D eigenvalue weighted by Crippen LogP contribution is 2.05. The third-order valence-electron chi connectivity index (χ3n) is 3.77. The zero-order valence-electron chi connectivity index (χ0n) is 17.6. The van der Waals surface area contributed by atoms with Crippen LogP contribution >= 0.6 is 0 Å². The zero-order valence-corrected chi connectivity index (χ0v) is 17.6. The lowest BCUT2D eigenvalue weighted by Gasteiger charge is -2.15. The second kappa shape index (κ2) is 20.6. The lowest BCUT2D eigenvalue weighted by Crippen LogP contribution is -2.16. The first-order valence-corrected chi connectivity index (χ1v) is 10.6. The molecule has 0 amide bonds. The summed E-state index contributed by atoms with van der Waals surface area (Å²) >= 11 is 0. The van der Waals surface area contributed by atoms with Crippen LogP contribution in [0, 0.1) is 0 Å². The van der Waals surface area contributed by atoms with Crippen molar-refractivity contribution in [1.82, 2.24) is 0 Å². The van der Waals surface area contributed by atoms with Crippen molar-refractivity contribution in [3.05, 3.63) is 24.3 Å². The molecule has 26 heavy (non-hydrogen) atoms. The third-order valence-corrected chi connectivity index (χ3v) is 3.77. The lowest BCUT2D eigenvalue weighted by molar-refractivity contribution is -0.113. The van der Waals surface area contributed by atoms with Gasteiger partial charge in [0.2, 0.25) is 0 Å². The van der Waals surface area contributed by atoms with E-state index in [2.05, 4.69) is 27.7 Å². The van der Waals surface area contributed by atoms with Crippen molar-refractivity contribution >= 4 is 0 Å². The van der Waals surface area contributed by atoms with Gasteiger partial charge in [0.05, 0.1) is 26.4 Å². The predicted octanol–water partition coefficient (Wildman–Crippen LogP) is 6.02. The van der Waals surface area contributed by atoms with Crippen molar-refractivity contribution in [2.75, 3.05) is 26.4 Å². The fourth-order valence-electron chi connectivity index (χ4n) is 2.00. The monoisotopic (exact) mass is 370 g/mol. The molecule has 0 spiro atoms. The summed E-state index contributed by atoms with van der Waals surface area (Å²) in [5, 5.41) is 0. The van der Waals surface area contributed by atoms with Crippen LogP contribution in [0.5, 0.6) is 0 Å². The van der Waals surface area contributed by atoms with Crippen LogP contribution in [0.1, 0.15) is 79.1 Å². The molecule has 4 nitrogen and oxygen atoms in total. The molecule has 0 radical (unpaired) electrons. The van der Waals surface area contributed by atoms with E-state index < -0.39 is 0 Å². The first kappa shape index (κ1) is 25.3. The Labute approximate surface area is 161 Å². The van der Waals surface area contributed by atoms with Crippen molar-refractivity contribution in [2.45, 2.75) is 91.6 Å². The van der Waals surface area contributed by atoms with Crippen molar-refractivity contribution in [3.8, 4) is 0 Å². The minimum atomic E-state index is -0.279. The van der Waals surface area contributed by atoms with Gasteiger partial charge < -0.3 is 18.9 Å². The van der Waals surface area contributed by atoms with E-state index >= 15 is 0 Å². The summed E-state index contributed by atoms with van der Waals surface area (Å²) in [5.41, 5.74) is 0. The Morgan fingerprint density at radius 3 is 1.00 bits per heavy atom. The van der Waals surface area contributed by atoms with E-state index in [1.807, 2.05) is 24.3 Å². The molecule has 0 saturated carbocycles. The number of ether oxygens (including phenoxy) is 4. The maximum absolute atomic E-state index is 5.79. The zero-order chi connectivity index (χ0) is 19.3. The van der Waals surface area contributed by atoms with E-state index in [0.717, 1.165) is 77.8 Å². The summed E-state index contributed by atoms with van der Waals surface area (Å²) < 4.78 is 23.2. The molecule has 0 aromatic heterocycles. The highest BCUT2D eigenvalue weighted by atomic mass is 16.7. The first-order chi connectivity index (χ1) is 12.8. The fraction of sp³-hybridized carbons (Fsp3) is 0.818. The van der Waals surface area contributed by atoms with Crippen LogP contribution in [0.3, 0.4) is 0 Å². The Balaban J connectivity index is 4.43. The van der Waals surface area contributed by atoms with Gasteiger partial charge in [0.25, 0.3) is 0 Å². The molecule has 0 rings (SSSR count). The Morgan fingerprint density at radius 1 is 0.500 bits per heavy atom. The molecule has 0 aliphatic rings. The third kappa shape index (κ3) is 16.8. The Hall–Kier alpha value is -0.680. The van der Waals surface area contributed by atoms with Crippen LogP contribution in [0.25, 0.3) is 0 Å². The average Bonchev–Trinajstić information content (AvgIpc) is 2.64. The fourth-order valence-corrected chi connectivity index (χ4v) is 2.00. The van der Waals surface area contributed by atoms with Gasteiger partial charge in [-0.05, 0) is 37.8 Å². The van der Waals surface area contributed by atoms with Gasteiger partial charge in [0.1, 0.15) is 0 Å². The number of rotatable bonds is 19. The molecule has 0 atom stereocenters. The van der Waals surface area contributed by atoms with E-state index in [1.165, 1.54) is 0 Å². The normalized spacial score (nSPS) is 12.4. The highest BCUT2D eigenvalue weighted by molar-refractivity contribution is 5.05. The van der Waals surface area contributed by atoms with Crippen LogP contribution in [0.2, 0.25) is 0 Å². The molecule has 0 unspecified atom stereocenters. The molecular weight excluding hydrogens is 328 g/mol. The molecule has 0 aliphatic carbocycles. The standard InChI is InChI=1S/C22H42O4/c1-5-9-17-23-21(24-18-10-6-2)15-13-14-16-22(25-19-11-7-3)26-20-12-8-4/h13-16,21-22H,5-12,17-20H2,1-4H3. The topological polar surface area (TPSA) is 36.9 Å². The van der Waals surface area contributed by atoms with Crippen LogP contribution < -0.4 is 0 Å². The van der Waals surface area contributed by atoms with E-state index in [1.54, 1.807) is 0 Å². The molecule has 0 heterocycles. The Kier molecular flexibility index (Phi) is 20.1. The van der Waals surface area contributed by atoms with Gasteiger partial charge in [0.15, 0.2) is 12.6 Å². The van der Waals surface area contributed by atoms with Crippen LogP contribution in [0.4, 0.5) is 0 Å². The van der Waals surface area contributed by atoms with Gasteiger partial charge in [-0.15, -0.1) is 0 Å². The van der Waals surface area contributed by atoms with Crippen LogP contribution in [-0.2, 0) is 18.9 Å². The molecule has 0 saturated heterocycles. The van der Waals surface area contributed by atoms with E-state index in [9.17, 15) is 0 Å². The Bertz CT molecular complexity index is 276. The number of hydrogen-bond donors (Lipinski definition) is 0. The molecule has 0 aromatic rings. The van der Waals surface area contributed by atoms with Crippen LogP contribution in [-0.4, -0.2) is 39.0 Å². The molecule has 154 valence electrons. The molecule has 0 aromatic carbocycles. The number of allylic oxidation sites excluding steroid dienone is 2. The van der Waals surface area contributed by atoms with Crippen molar-refractivity contribution in [3.63, 3.8) is 0 Å². The largest absolute Gasteiger partial charge is 0.349 e. The summed E-state index contributed by atoms with van der Waals surface area (Å²) in [6.07, 6.45) is 16.0. The van der Waals surface area contributed by atoms with Crippen molar-refractivity contribution in [2.24, 2.45) is 0 Å². The van der Waals surface area contributed by atoms with Crippen molar-refractivity contribution < 1.29 is 18.9 Å². The van der Waals surface area contributed by atoms with E-state index in [4.69, 9.17) is 18.9 Å². The molecule has 0 fully saturated rings. The molecular formula is C22H42O4. The van der Waals surface area contributed by atoms with E-state index in [-0.39, 0.29) is 12.6 Å². The van der Waals surface area contributed by atoms with E-state index in [0.29, 0.717) is 0 Å². The van der Waals surface area contributed by atoms with Crippen LogP contribution in [0.15, 0.2) is 24.3 Å². The molecule has 0 bridgehead atoms. The summed E-state index contributed by atoms with van der Waals surface area (Å²) in [6.45, 7) is 11.5. The van der Waals surface area contributed by atoms with Crippen molar-refractivity contribution in [1.29, 1.82) is 0 Å². The van der Waals surface area contributed by atoms with Gasteiger partial charge in [-0.2, -0.15) is 0 Å². The predicted molar refractivity (Wildman–Crippen MR) is 109 cm³/mol. The lowest BCUT2D eigenvalue weighted by atomic mass is 10.3. The highest BCUT2D eigenvalue weighted by Gasteiger charge is 2.05. The maximum atomic E-state index is 5.79. The van der Waals surface area contributed by atoms with Gasteiger partial charge in [0, 0.05) is 0 Å². The average molecular weight is 371 g/mol. The minimum absolute atomic E-state index is 0.279. The Morgan fingerprint density at radius 2 is 0.769 bits per heavy atom. The number of unbranched alkanes of at least 4 members (excludes halogenated alkanes) is 4. The first-order valence-electron chi connectivity index (χ1n) is 10.6. The quantitative estimate of drug-likeness (QED) is 0.158. The van der Waals surface area contributed by atoms with Gasteiger partial charge in [-0.1, -0.05) is 65.5 Å². The van der Waals surface area contributed by atoms with Gasteiger partial charge in [-0.25, -0.2) is 0 Å². The maximum Gasteiger partial charge on any atom is 0.177 e. The second-order valence-electron chi connectivity index (χ2n) is 6.40. The molecule has 0 aliphatic heterocycles. The summed E-state index contributed by atoms with van der Waals surface area (Å²) in [5.74, 6) is 0. The summed E-state index contributed by atoms with van der Waals surface area (Å²) in [7, 11) is 0. The minimum Gasteiger partial charge on any atom is -0.349 e.